The zero-order valence-electron chi connectivity index (χ0n) is 16.0. The van der Waals surface area contributed by atoms with Crippen LogP contribution >= 0.6 is 0 Å². The Hall–Kier alpha value is -4.13. The minimum atomic E-state index is -1.11. The number of imidazole rings is 1. The normalized spacial score (nSPS) is 10.7. The molecule has 3 aromatic carbocycles. The number of aliphatic carboxylic acids is 1. The van der Waals surface area contributed by atoms with Crippen molar-refractivity contribution in [1.82, 2.24) is 9.55 Å². The molecule has 1 amide bonds. The first-order chi connectivity index (χ1) is 14.6. The highest BCUT2D eigenvalue weighted by molar-refractivity contribution is 6.05. The number of hydrogen-bond acceptors (Lipinski definition) is 4. The van der Waals surface area contributed by atoms with E-state index in [0.717, 1.165) is 16.3 Å². The van der Waals surface area contributed by atoms with Gasteiger partial charge in [-0.2, -0.15) is 0 Å². The molecule has 0 bridgehead atoms. The number of benzene rings is 3. The van der Waals surface area contributed by atoms with Crippen LogP contribution in [0.4, 0.5) is 5.95 Å². The van der Waals surface area contributed by atoms with Crippen LogP contribution in [0, 0.1) is 0 Å². The Kier molecular flexibility index (Phi) is 5.43. The van der Waals surface area contributed by atoms with Crippen molar-refractivity contribution >= 4 is 28.6 Å². The van der Waals surface area contributed by atoms with Crippen LogP contribution in [-0.2, 0) is 11.3 Å². The summed E-state index contributed by atoms with van der Waals surface area (Å²) in [7, 11) is 0. The van der Waals surface area contributed by atoms with Crippen molar-refractivity contribution in [2.24, 2.45) is 0 Å². The van der Waals surface area contributed by atoms with Gasteiger partial charge >= 0.3 is 5.97 Å². The Morgan fingerprint density at radius 2 is 1.77 bits per heavy atom. The number of carboxylic acid groups (broad SMARTS) is 1. The van der Waals surface area contributed by atoms with Gasteiger partial charge in [-0.15, -0.1) is 0 Å². The monoisotopic (exact) mass is 401 g/mol. The molecule has 0 aliphatic heterocycles. The number of carboxylic acids is 1. The quantitative estimate of drug-likeness (QED) is 0.491. The minimum absolute atomic E-state index is 0.199. The number of nitrogens with one attached hydrogen (secondary N) is 1. The molecule has 7 heteroatoms. The van der Waals surface area contributed by atoms with E-state index in [-0.39, 0.29) is 11.3 Å². The molecule has 0 aliphatic carbocycles. The predicted octanol–water partition coefficient (Wildman–Crippen LogP) is 3.80. The fraction of sp³-hybridized carbons (Fsp3) is 0.0870. The third-order valence-electron chi connectivity index (χ3n) is 4.64. The van der Waals surface area contributed by atoms with Gasteiger partial charge in [0, 0.05) is 12.4 Å². The first kappa shape index (κ1) is 19.2. The zero-order chi connectivity index (χ0) is 20.9. The van der Waals surface area contributed by atoms with Gasteiger partial charge in [0.2, 0.25) is 5.95 Å². The second-order valence-electron chi connectivity index (χ2n) is 6.65. The Morgan fingerprint density at radius 1 is 1.00 bits per heavy atom. The molecule has 0 spiro atoms. The highest BCUT2D eigenvalue weighted by atomic mass is 16.5. The SMILES string of the molecule is O=C(O)COc1ccccc1C(=O)Nc1nccn1Cc1cccc2ccccc12. The lowest BCUT2D eigenvalue weighted by Gasteiger charge is -2.13. The second kappa shape index (κ2) is 8.48. The number of ether oxygens (including phenoxy) is 1. The van der Waals surface area contributed by atoms with Gasteiger partial charge in [-0.1, -0.05) is 54.6 Å². The summed E-state index contributed by atoms with van der Waals surface area (Å²) >= 11 is 0. The van der Waals surface area contributed by atoms with Gasteiger partial charge < -0.3 is 14.4 Å². The van der Waals surface area contributed by atoms with Gasteiger partial charge in [-0.3, -0.25) is 10.1 Å². The molecule has 30 heavy (non-hydrogen) atoms. The molecule has 0 unspecified atom stereocenters. The van der Waals surface area contributed by atoms with Crippen molar-refractivity contribution in [3.8, 4) is 5.75 Å². The zero-order valence-corrected chi connectivity index (χ0v) is 16.0. The van der Waals surface area contributed by atoms with E-state index in [2.05, 4.69) is 28.5 Å². The standard InChI is InChI=1S/C23H19N3O4/c27-21(28)15-30-20-11-4-3-10-19(20)22(29)25-23-24-12-13-26(23)14-17-8-5-7-16-6-1-2-9-18(16)17/h1-13H,14-15H2,(H,27,28)(H,24,25,29). The van der Waals surface area contributed by atoms with E-state index in [4.69, 9.17) is 9.84 Å². The molecule has 0 saturated heterocycles. The third-order valence-corrected chi connectivity index (χ3v) is 4.64. The average Bonchev–Trinajstić information content (AvgIpc) is 3.19. The van der Waals surface area contributed by atoms with Gasteiger partial charge in [-0.25, -0.2) is 9.78 Å². The smallest absolute Gasteiger partial charge is 0.341 e. The number of anilines is 1. The number of hydrogen-bond donors (Lipinski definition) is 2. The average molecular weight is 401 g/mol. The number of rotatable bonds is 7. The molecule has 4 rings (SSSR count). The predicted molar refractivity (Wildman–Crippen MR) is 113 cm³/mol. The fourth-order valence-corrected chi connectivity index (χ4v) is 3.26. The van der Waals surface area contributed by atoms with Crippen LogP contribution in [0.15, 0.2) is 79.1 Å². The van der Waals surface area contributed by atoms with E-state index in [1.807, 2.05) is 28.8 Å². The number of fused-ring (bicyclic) bond motifs is 1. The fourth-order valence-electron chi connectivity index (χ4n) is 3.26. The molecule has 1 aromatic heterocycles. The minimum Gasteiger partial charge on any atom is -0.481 e. The maximum Gasteiger partial charge on any atom is 0.341 e. The van der Waals surface area contributed by atoms with Gasteiger partial charge in [0.15, 0.2) is 6.61 Å². The summed E-state index contributed by atoms with van der Waals surface area (Å²) in [6, 6.07) is 20.7. The highest BCUT2D eigenvalue weighted by Crippen LogP contribution is 2.22. The molecule has 0 saturated carbocycles. The van der Waals surface area contributed by atoms with Crippen molar-refractivity contribution < 1.29 is 19.4 Å². The molecule has 2 N–H and O–H groups in total. The maximum absolute atomic E-state index is 12.8. The number of amides is 1. The van der Waals surface area contributed by atoms with Crippen molar-refractivity contribution in [3.05, 3.63) is 90.3 Å². The van der Waals surface area contributed by atoms with E-state index in [1.165, 1.54) is 0 Å². The van der Waals surface area contributed by atoms with E-state index >= 15 is 0 Å². The molecule has 0 fully saturated rings. The van der Waals surface area contributed by atoms with E-state index < -0.39 is 18.5 Å². The lowest BCUT2D eigenvalue weighted by molar-refractivity contribution is -0.139. The topological polar surface area (TPSA) is 93.4 Å². The van der Waals surface area contributed by atoms with Gasteiger partial charge in [0.1, 0.15) is 5.75 Å². The Labute approximate surface area is 172 Å². The molecule has 7 nitrogen and oxygen atoms in total. The first-order valence-corrected chi connectivity index (χ1v) is 9.34. The lowest BCUT2D eigenvalue weighted by atomic mass is 10.0. The number of carbonyl (C=O) groups excluding carboxylic acids is 1. The van der Waals surface area contributed by atoms with Crippen LogP contribution in [-0.4, -0.2) is 33.1 Å². The van der Waals surface area contributed by atoms with Crippen molar-refractivity contribution in [3.63, 3.8) is 0 Å². The molecular formula is C23H19N3O4. The van der Waals surface area contributed by atoms with Crippen molar-refractivity contribution in [1.29, 1.82) is 0 Å². The van der Waals surface area contributed by atoms with Crippen LogP contribution in [0.1, 0.15) is 15.9 Å². The Balaban J connectivity index is 1.56. The highest BCUT2D eigenvalue weighted by Gasteiger charge is 2.16. The first-order valence-electron chi connectivity index (χ1n) is 9.34. The molecule has 150 valence electrons. The van der Waals surface area contributed by atoms with Gasteiger partial charge in [0.25, 0.3) is 5.91 Å². The maximum atomic E-state index is 12.8. The van der Waals surface area contributed by atoms with Crippen LogP contribution < -0.4 is 10.1 Å². The summed E-state index contributed by atoms with van der Waals surface area (Å²) in [5, 5.41) is 13.9. The number of nitrogens with zero attached hydrogens (tertiary/aromatic N) is 2. The van der Waals surface area contributed by atoms with Crippen LogP contribution in [0.25, 0.3) is 10.8 Å². The third kappa shape index (κ3) is 4.15. The molecule has 0 aliphatic rings. The summed E-state index contributed by atoms with van der Waals surface area (Å²) < 4.78 is 7.07. The summed E-state index contributed by atoms with van der Waals surface area (Å²) in [5.74, 6) is -0.956. The van der Waals surface area contributed by atoms with Crippen LogP contribution in [0.5, 0.6) is 5.75 Å². The molecular weight excluding hydrogens is 382 g/mol. The van der Waals surface area contributed by atoms with Crippen molar-refractivity contribution in [2.45, 2.75) is 6.54 Å². The van der Waals surface area contributed by atoms with Crippen molar-refractivity contribution in [2.75, 3.05) is 11.9 Å². The summed E-state index contributed by atoms with van der Waals surface area (Å²) in [6.45, 7) is 0.00806. The Bertz CT molecular complexity index is 1210. The van der Waals surface area contributed by atoms with Crippen LogP contribution in [0.3, 0.4) is 0 Å². The molecule has 0 atom stereocenters. The van der Waals surface area contributed by atoms with E-state index in [0.29, 0.717) is 12.5 Å². The molecule has 0 radical (unpaired) electrons. The number of carbonyl (C=O) groups is 2. The summed E-state index contributed by atoms with van der Waals surface area (Å²) in [5.41, 5.74) is 1.34. The summed E-state index contributed by atoms with van der Waals surface area (Å²) in [6.07, 6.45) is 3.41. The van der Waals surface area contributed by atoms with Crippen LogP contribution in [0.2, 0.25) is 0 Å². The molecule has 1 heterocycles. The lowest BCUT2D eigenvalue weighted by Crippen LogP contribution is -2.18. The van der Waals surface area contributed by atoms with E-state index in [9.17, 15) is 9.59 Å². The second-order valence-corrected chi connectivity index (χ2v) is 6.65. The largest absolute Gasteiger partial charge is 0.481 e. The summed E-state index contributed by atoms with van der Waals surface area (Å²) in [4.78, 5) is 27.8. The Morgan fingerprint density at radius 3 is 2.63 bits per heavy atom. The van der Waals surface area contributed by atoms with Gasteiger partial charge in [-0.05, 0) is 28.5 Å². The van der Waals surface area contributed by atoms with Gasteiger partial charge in [0.05, 0.1) is 12.1 Å². The number of para-hydroxylation sites is 1. The molecule has 4 aromatic rings. The number of aromatic nitrogens is 2. The van der Waals surface area contributed by atoms with E-state index in [1.54, 1.807) is 36.7 Å².